The van der Waals surface area contributed by atoms with Crippen molar-refractivity contribution < 1.29 is 4.79 Å². The molecule has 1 saturated heterocycles. The van der Waals surface area contributed by atoms with E-state index in [1.165, 1.54) is 0 Å². The van der Waals surface area contributed by atoms with Crippen LogP contribution < -0.4 is 16.0 Å². The highest BCUT2D eigenvalue weighted by Crippen LogP contribution is 2.28. The highest BCUT2D eigenvalue weighted by molar-refractivity contribution is 5.76. The molecule has 0 bridgehead atoms. The molecule has 1 fully saturated rings. The van der Waals surface area contributed by atoms with Crippen LogP contribution in [0.2, 0.25) is 0 Å². The first-order chi connectivity index (χ1) is 11.5. The topological polar surface area (TPSA) is 78.9 Å². The van der Waals surface area contributed by atoms with Crippen LogP contribution in [0.25, 0.3) is 0 Å². The molecule has 0 atom stereocenters. The minimum atomic E-state index is 0.0433. The molecule has 1 aromatic heterocycles. The molecular weight excluding hydrogens is 314 g/mol. The van der Waals surface area contributed by atoms with Crippen LogP contribution in [-0.2, 0) is 4.79 Å². The van der Waals surface area contributed by atoms with Gasteiger partial charge < -0.3 is 16.0 Å². The van der Waals surface area contributed by atoms with Crippen molar-refractivity contribution in [3.05, 3.63) is 17.5 Å². The lowest BCUT2D eigenvalue weighted by Gasteiger charge is -2.46. The maximum absolute atomic E-state index is 12.3. The Balaban J connectivity index is 1.73. The fourth-order valence-electron chi connectivity index (χ4n) is 3.98. The van der Waals surface area contributed by atoms with Crippen molar-refractivity contribution in [1.29, 1.82) is 0 Å². The summed E-state index contributed by atoms with van der Waals surface area (Å²) in [7, 11) is 0. The number of piperidine rings is 1. The Bertz CT molecular complexity index is 576. The summed E-state index contributed by atoms with van der Waals surface area (Å²) >= 11 is 0. The van der Waals surface area contributed by atoms with E-state index in [1.54, 1.807) is 0 Å². The normalized spacial score (nSPS) is 19.4. The summed E-state index contributed by atoms with van der Waals surface area (Å²) < 4.78 is 0. The number of aryl methyl sites for hydroxylation is 2. The van der Waals surface area contributed by atoms with Gasteiger partial charge in [0.15, 0.2) is 0 Å². The molecule has 25 heavy (non-hydrogen) atoms. The fraction of sp³-hybridized carbons (Fsp3) is 0.737. The second-order valence-corrected chi connectivity index (χ2v) is 8.57. The predicted molar refractivity (Wildman–Crippen MR) is 102 cm³/mol. The molecule has 140 valence electrons. The first-order valence-corrected chi connectivity index (χ1v) is 9.20. The van der Waals surface area contributed by atoms with E-state index in [4.69, 9.17) is 0 Å². The number of aromatic nitrogens is 2. The van der Waals surface area contributed by atoms with E-state index in [9.17, 15) is 4.79 Å². The van der Waals surface area contributed by atoms with Gasteiger partial charge in [0.1, 0.15) is 0 Å². The van der Waals surface area contributed by atoms with Crippen molar-refractivity contribution in [2.45, 2.75) is 84.3 Å². The third-order valence-electron chi connectivity index (χ3n) is 4.40. The van der Waals surface area contributed by atoms with Crippen molar-refractivity contribution in [2.24, 2.45) is 0 Å². The Labute approximate surface area is 151 Å². The van der Waals surface area contributed by atoms with Crippen molar-refractivity contribution in [1.82, 2.24) is 20.6 Å². The molecule has 0 aliphatic carbocycles. The molecule has 3 N–H and O–H groups in total. The van der Waals surface area contributed by atoms with Gasteiger partial charge in [0.2, 0.25) is 11.9 Å². The summed E-state index contributed by atoms with van der Waals surface area (Å²) in [5, 5.41) is 10.0. The molecule has 6 heteroatoms. The van der Waals surface area contributed by atoms with Gasteiger partial charge in [0, 0.05) is 41.5 Å². The number of hydrogen-bond acceptors (Lipinski definition) is 5. The molecule has 1 aliphatic heterocycles. The van der Waals surface area contributed by atoms with Gasteiger partial charge in [0.05, 0.1) is 0 Å². The van der Waals surface area contributed by atoms with Gasteiger partial charge in [-0.3, -0.25) is 4.79 Å². The summed E-state index contributed by atoms with van der Waals surface area (Å²) in [6.07, 6.45) is 3.19. The number of nitrogens with one attached hydrogen (secondary N) is 3. The zero-order chi connectivity index (χ0) is 18.7. The van der Waals surface area contributed by atoms with E-state index in [2.05, 4.69) is 53.6 Å². The van der Waals surface area contributed by atoms with E-state index in [0.717, 1.165) is 30.7 Å². The SMILES string of the molecule is Cc1cc(C)nc(NCCCC(=O)NC2CC(C)(C)NC(C)(C)C2)n1. The average molecular weight is 348 g/mol. The van der Waals surface area contributed by atoms with Crippen molar-refractivity contribution in [3.8, 4) is 0 Å². The van der Waals surface area contributed by atoms with Crippen molar-refractivity contribution >= 4 is 11.9 Å². The average Bonchev–Trinajstić information content (AvgIpc) is 2.38. The van der Waals surface area contributed by atoms with Crippen LogP contribution >= 0.6 is 0 Å². The van der Waals surface area contributed by atoms with Crippen molar-refractivity contribution in [2.75, 3.05) is 11.9 Å². The zero-order valence-electron chi connectivity index (χ0n) is 16.5. The Kier molecular flexibility index (Phi) is 6.03. The minimum absolute atomic E-state index is 0.0433. The van der Waals surface area contributed by atoms with Crippen molar-refractivity contribution in [3.63, 3.8) is 0 Å². The number of nitrogens with zero attached hydrogens (tertiary/aromatic N) is 2. The number of rotatable bonds is 6. The number of carbonyl (C=O) groups is 1. The van der Waals surface area contributed by atoms with Crippen LogP contribution in [0.15, 0.2) is 6.07 Å². The third kappa shape index (κ3) is 6.61. The van der Waals surface area contributed by atoms with Gasteiger partial charge >= 0.3 is 0 Å². The minimum Gasteiger partial charge on any atom is -0.354 e. The van der Waals surface area contributed by atoms with Gasteiger partial charge in [0.25, 0.3) is 0 Å². The Morgan fingerprint density at radius 3 is 2.28 bits per heavy atom. The molecular formula is C19H33N5O. The molecule has 1 amide bonds. The number of hydrogen-bond donors (Lipinski definition) is 3. The summed E-state index contributed by atoms with van der Waals surface area (Å²) in [5.41, 5.74) is 1.98. The van der Waals surface area contributed by atoms with E-state index in [1.807, 2.05) is 19.9 Å². The van der Waals surface area contributed by atoms with E-state index in [0.29, 0.717) is 18.9 Å². The maximum Gasteiger partial charge on any atom is 0.223 e. The van der Waals surface area contributed by atoms with Crippen LogP contribution in [-0.4, -0.2) is 39.5 Å². The number of carbonyl (C=O) groups excluding carboxylic acids is 1. The molecule has 0 spiro atoms. The van der Waals surface area contributed by atoms with Crippen LogP contribution in [0.4, 0.5) is 5.95 Å². The van der Waals surface area contributed by atoms with Gasteiger partial charge in [-0.05, 0) is 66.9 Å². The summed E-state index contributed by atoms with van der Waals surface area (Å²) in [6.45, 7) is 13.4. The first-order valence-electron chi connectivity index (χ1n) is 9.20. The molecule has 6 nitrogen and oxygen atoms in total. The molecule has 0 unspecified atom stereocenters. The van der Waals surface area contributed by atoms with E-state index >= 15 is 0 Å². The molecule has 0 saturated carbocycles. The van der Waals surface area contributed by atoms with Gasteiger partial charge in [-0.2, -0.15) is 0 Å². The molecule has 0 radical (unpaired) electrons. The second kappa shape index (κ2) is 7.68. The smallest absolute Gasteiger partial charge is 0.223 e. The van der Waals surface area contributed by atoms with Crippen LogP contribution in [0.5, 0.6) is 0 Å². The lowest BCUT2D eigenvalue weighted by Crippen LogP contribution is -2.62. The molecule has 1 aliphatic rings. The predicted octanol–water partition coefficient (Wildman–Crippen LogP) is 2.71. The fourth-order valence-corrected chi connectivity index (χ4v) is 3.98. The van der Waals surface area contributed by atoms with Gasteiger partial charge in [-0.1, -0.05) is 0 Å². The van der Waals surface area contributed by atoms with Crippen LogP contribution in [0.1, 0.15) is 64.8 Å². The standard InChI is InChI=1S/C19H33N5O/c1-13-10-14(2)22-17(21-13)20-9-7-8-16(25)23-15-11-18(3,4)24-19(5,6)12-15/h10,15,24H,7-9,11-12H2,1-6H3,(H,23,25)(H,20,21,22). The Morgan fingerprint density at radius 2 is 1.72 bits per heavy atom. The van der Waals surface area contributed by atoms with E-state index < -0.39 is 0 Å². The Hall–Kier alpha value is -1.69. The zero-order valence-corrected chi connectivity index (χ0v) is 16.5. The summed E-state index contributed by atoms with van der Waals surface area (Å²) in [5.74, 6) is 0.765. The van der Waals surface area contributed by atoms with Crippen LogP contribution in [0, 0.1) is 13.8 Å². The Morgan fingerprint density at radius 1 is 1.16 bits per heavy atom. The molecule has 2 heterocycles. The first kappa shape index (κ1) is 19.6. The lowest BCUT2D eigenvalue weighted by molar-refractivity contribution is -0.122. The quantitative estimate of drug-likeness (QED) is 0.690. The van der Waals surface area contributed by atoms with Gasteiger partial charge in [-0.25, -0.2) is 9.97 Å². The lowest BCUT2D eigenvalue weighted by atomic mass is 9.79. The highest BCUT2D eigenvalue weighted by Gasteiger charge is 2.37. The maximum atomic E-state index is 12.3. The second-order valence-electron chi connectivity index (χ2n) is 8.57. The summed E-state index contributed by atoms with van der Waals surface area (Å²) in [6, 6.07) is 2.18. The molecule has 0 aromatic carbocycles. The third-order valence-corrected chi connectivity index (χ3v) is 4.40. The molecule has 1 aromatic rings. The van der Waals surface area contributed by atoms with Crippen LogP contribution in [0.3, 0.4) is 0 Å². The monoisotopic (exact) mass is 347 g/mol. The highest BCUT2D eigenvalue weighted by atomic mass is 16.1. The largest absolute Gasteiger partial charge is 0.354 e. The van der Waals surface area contributed by atoms with E-state index in [-0.39, 0.29) is 23.0 Å². The molecule has 2 rings (SSSR count). The number of amides is 1. The summed E-state index contributed by atoms with van der Waals surface area (Å²) in [4.78, 5) is 21.0. The van der Waals surface area contributed by atoms with Gasteiger partial charge in [-0.15, -0.1) is 0 Å². The number of anilines is 1.